The number of nitrogens with zero attached hydrogens (tertiary/aromatic N) is 3. The van der Waals surface area contributed by atoms with Crippen molar-refractivity contribution in [1.29, 1.82) is 0 Å². The van der Waals surface area contributed by atoms with Crippen LogP contribution in [0.4, 0.5) is 4.79 Å². The largest absolute Gasteiger partial charge is 0.335 e. The molecule has 2 heterocycles. The summed E-state index contributed by atoms with van der Waals surface area (Å²) in [4.78, 5) is 18.5. The molecule has 0 atom stereocenters. The zero-order chi connectivity index (χ0) is 16.4. The van der Waals surface area contributed by atoms with Crippen molar-refractivity contribution < 1.29 is 13.2 Å². The maximum atomic E-state index is 12.3. The number of rotatable bonds is 4. The lowest BCUT2D eigenvalue weighted by Gasteiger charge is -2.29. The quantitative estimate of drug-likeness (QED) is 0.828. The molecule has 2 N–H and O–H groups in total. The Balaban J connectivity index is 1.59. The number of fused-ring (bicyclic) bond motifs is 1. The number of carbonyl (C=O) groups is 1. The molecule has 0 unspecified atom stereocenters. The van der Waals surface area contributed by atoms with Gasteiger partial charge in [0.05, 0.1) is 25.0 Å². The Labute approximate surface area is 136 Å². The van der Waals surface area contributed by atoms with E-state index >= 15 is 0 Å². The van der Waals surface area contributed by atoms with E-state index in [1.807, 2.05) is 10.8 Å². The van der Waals surface area contributed by atoms with Crippen LogP contribution in [0.3, 0.4) is 0 Å². The second kappa shape index (κ2) is 6.48. The minimum atomic E-state index is -3.24. The Bertz CT molecular complexity index is 679. The molecular weight excluding hydrogens is 318 g/mol. The van der Waals surface area contributed by atoms with Crippen molar-refractivity contribution in [2.45, 2.75) is 51.4 Å². The van der Waals surface area contributed by atoms with Crippen molar-refractivity contribution in [1.82, 2.24) is 24.5 Å². The normalized spacial score (nSPS) is 18.9. The van der Waals surface area contributed by atoms with E-state index in [9.17, 15) is 13.2 Å². The fourth-order valence-electron chi connectivity index (χ4n) is 3.11. The minimum Gasteiger partial charge on any atom is -0.335 e. The van der Waals surface area contributed by atoms with Crippen LogP contribution in [0.15, 0.2) is 6.20 Å². The Morgan fingerprint density at radius 1 is 1.35 bits per heavy atom. The average Bonchev–Trinajstić information content (AvgIpc) is 3.12. The number of nitrogens with one attached hydrogen (secondary N) is 2. The van der Waals surface area contributed by atoms with Crippen LogP contribution < -0.4 is 10.0 Å². The molecule has 23 heavy (non-hydrogen) atoms. The van der Waals surface area contributed by atoms with Crippen LogP contribution in [-0.4, -0.2) is 47.7 Å². The third kappa shape index (κ3) is 4.23. The van der Waals surface area contributed by atoms with E-state index in [4.69, 9.17) is 0 Å². The van der Waals surface area contributed by atoms with Gasteiger partial charge in [0.25, 0.3) is 0 Å². The number of aromatic nitrogens is 2. The van der Waals surface area contributed by atoms with Crippen molar-refractivity contribution in [2.75, 3.05) is 12.8 Å². The van der Waals surface area contributed by atoms with Crippen molar-refractivity contribution in [3.8, 4) is 0 Å². The van der Waals surface area contributed by atoms with Crippen LogP contribution >= 0.6 is 0 Å². The SMILES string of the molecule is CS(=O)(=O)NCc1cn2c(n1)CN(C(=O)NC1CCCC1)CC2. The van der Waals surface area contributed by atoms with Crippen LogP contribution in [0.25, 0.3) is 0 Å². The molecule has 2 amide bonds. The van der Waals surface area contributed by atoms with Crippen LogP contribution in [0, 0.1) is 0 Å². The average molecular weight is 341 g/mol. The van der Waals surface area contributed by atoms with E-state index in [-0.39, 0.29) is 12.6 Å². The highest BCUT2D eigenvalue weighted by atomic mass is 32.2. The van der Waals surface area contributed by atoms with Gasteiger partial charge < -0.3 is 14.8 Å². The highest BCUT2D eigenvalue weighted by Crippen LogP contribution is 2.19. The van der Waals surface area contributed by atoms with Gasteiger partial charge in [-0.2, -0.15) is 0 Å². The molecule has 8 nitrogen and oxygen atoms in total. The summed E-state index contributed by atoms with van der Waals surface area (Å²) in [5.41, 5.74) is 0.670. The standard InChI is InChI=1S/C14H23N5O3S/c1-23(21,22)15-8-12-9-18-6-7-19(10-13(18)16-12)14(20)17-11-4-2-3-5-11/h9,11,15H,2-8,10H2,1H3,(H,17,20). The topological polar surface area (TPSA) is 96.3 Å². The molecule has 3 rings (SSSR count). The molecule has 0 spiro atoms. The smallest absolute Gasteiger partial charge is 0.318 e. The lowest BCUT2D eigenvalue weighted by molar-refractivity contribution is 0.178. The summed E-state index contributed by atoms with van der Waals surface area (Å²) in [5, 5.41) is 3.09. The fourth-order valence-corrected chi connectivity index (χ4v) is 3.52. The summed E-state index contributed by atoms with van der Waals surface area (Å²) < 4.78 is 26.7. The van der Waals surface area contributed by atoms with Crippen molar-refractivity contribution in [3.05, 3.63) is 17.7 Å². The Hall–Kier alpha value is -1.61. The van der Waals surface area contributed by atoms with Gasteiger partial charge in [-0.15, -0.1) is 0 Å². The Morgan fingerprint density at radius 2 is 2.09 bits per heavy atom. The second-order valence-corrected chi connectivity index (χ2v) is 8.12. The van der Waals surface area contributed by atoms with Gasteiger partial charge in [-0.25, -0.2) is 22.9 Å². The van der Waals surface area contributed by atoms with Gasteiger partial charge in [0, 0.05) is 25.3 Å². The van der Waals surface area contributed by atoms with Crippen molar-refractivity contribution in [2.24, 2.45) is 0 Å². The summed E-state index contributed by atoms with van der Waals surface area (Å²) in [6, 6.07) is 0.278. The molecule has 1 aliphatic heterocycles. The van der Waals surface area contributed by atoms with Gasteiger partial charge in [0.1, 0.15) is 5.82 Å². The van der Waals surface area contributed by atoms with Crippen LogP contribution in [0.5, 0.6) is 0 Å². The number of amides is 2. The van der Waals surface area contributed by atoms with E-state index in [2.05, 4.69) is 15.0 Å². The molecule has 0 aromatic carbocycles. The summed E-state index contributed by atoms with van der Waals surface area (Å²) in [5.74, 6) is 0.795. The minimum absolute atomic E-state index is 0.0260. The monoisotopic (exact) mass is 341 g/mol. The van der Waals surface area contributed by atoms with E-state index < -0.39 is 10.0 Å². The molecule has 1 aliphatic carbocycles. The predicted molar refractivity (Wildman–Crippen MR) is 85.1 cm³/mol. The molecule has 1 saturated carbocycles. The molecule has 0 bridgehead atoms. The number of hydrogen-bond acceptors (Lipinski definition) is 4. The lowest BCUT2D eigenvalue weighted by atomic mass is 10.2. The highest BCUT2D eigenvalue weighted by molar-refractivity contribution is 7.88. The summed E-state index contributed by atoms with van der Waals surface area (Å²) >= 11 is 0. The molecule has 1 aromatic rings. The van der Waals surface area contributed by atoms with Gasteiger partial charge in [-0.05, 0) is 12.8 Å². The summed E-state index contributed by atoms with van der Waals surface area (Å²) in [7, 11) is -3.24. The molecular formula is C14H23N5O3S. The molecule has 2 aliphatic rings. The van der Waals surface area contributed by atoms with Crippen LogP contribution in [0.2, 0.25) is 0 Å². The first-order chi connectivity index (χ1) is 10.9. The molecule has 128 valence electrons. The maximum Gasteiger partial charge on any atom is 0.318 e. The molecule has 1 fully saturated rings. The van der Waals surface area contributed by atoms with Gasteiger partial charge in [-0.3, -0.25) is 0 Å². The second-order valence-electron chi connectivity index (χ2n) is 6.29. The van der Waals surface area contributed by atoms with Gasteiger partial charge in [0.2, 0.25) is 10.0 Å². The van der Waals surface area contributed by atoms with Gasteiger partial charge in [-0.1, -0.05) is 12.8 Å². The summed E-state index contributed by atoms with van der Waals surface area (Å²) in [6.07, 6.45) is 7.47. The number of urea groups is 1. The zero-order valence-corrected chi connectivity index (χ0v) is 14.1. The van der Waals surface area contributed by atoms with Crippen molar-refractivity contribution >= 4 is 16.1 Å². The zero-order valence-electron chi connectivity index (χ0n) is 13.3. The maximum absolute atomic E-state index is 12.3. The number of imidazole rings is 1. The van der Waals surface area contributed by atoms with E-state index in [1.165, 1.54) is 12.8 Å². The predicted octanol–water partition coefficient (Wildman–Crippen LogP) is 0.400. The third-order valence-electron chi connectivity index (χ3n) is 4.34. The van der Waals surface area contributed by atoms with E-state index in [1.54, 1.807) is 4.90 Å². The van der Waals surface area contributed by atoms with Gasteiger partial charge in [0.15, 0.2) is 0 Å². The first kappa shape index (κ1) is 16.3. The molecule has 9 heteroatoms. The lowest BCUT2D eigenvalue weighted by Crippen LogP contribution is -2.47. The molecule has 0 radical (unpaired) electrons. The van der Waals surface area contributed by atoms with Crippen molar-refractivity contribution in [3.63, 3.8) is 0 Å². The first-order valence-corrected chi connectivity index (χ1v) is 9.85. The van der Waals surface area contributed by atoms with E-state index in [0.717, 1.165) is 24.9 Å². The van der Waals surface area contributed by atoms with E-state index in [0.29, 0.717) is 31.4 Å². The number of carbonyl (C=O) groups excluding carboxylic acids is 1. The molecule has 0 saturated heterocycles. The Kier molecular flexibility index (Phi) is 4.58. The van der Waals surface area contributed by atoms with Crippen LogP contribution in [0.1, 0.15) is 37.2 Å². The fraction of sp³-hybridized carbons (Fsp3) is 0.714. The highest BCUT2D eigenvalue weighted by Gasteiger charge is 2.25. The Morgan fingerprint density at radius 3 is 2.78 bits per heavy atom. The third-order valence-corrected chi connectivity index (χ3v) is 5.01. The number of hydrogen-bond donors (Lipinski definition) is 2. The number of sulfonamides is 1. The first-order valence-electron chi connectivity index (χ1n) is 7.96. The van der Waals surface area contributed by atoms with Crippen LogP contribution in [-0.2, 0) is 29.7 Å². The molecule has 1 aromatic heterocycles. The summed E-state index contributed by atoms with van der Waals surface area (Å²) in [6.45, 7) is 1.95. The van der Waals surface area contributed by atoms with Gasteiger partial charge >= 0.3 is 6.03 Å².